The summed E-state index contributed by atoms with van der Waals surface area (Å²) in [4.78, 5) is 0. The first kappa shape index (κ1) is 7.75. The predicted molar refractivity (Wildman–Crippen MR) is 41.7 cm³/mol. The van der Waals surface area contributed by atoms with Crippen LogP contribution in [0.2, 0.25) is 0 Å². The molecule has 0 fully saturated rings. The molecule has 0 amide bonds. The quantitative estimate of drug-likeness (QED) is 0.423. The van der Waals surface area contributed by atoms with Gasteiger partial charge in [0.1, 0.15) is 0 Å². The van der Waals surface area contributed by atoms with E-state index in [4.69, 9.17) is 15.5 Å². The van der Waals surface area contributed by atoms with Gasteiger partial charge in [-0.05, 0) is 6.08 Å². The van der Waals surface area contributed by atoms with Gasteiger partial charge in [-0.1, -0.05) is 5.92 Å². The fourth-order valence-corrected chi connectivity index (χ4v) is 1.76. The first-order valence-electron chi connectivity index (χ1n) is 2.97. The van der Waals surface area contributed by atoms with Crippen molar-refractivity contribution in [3.63, 3.8) is 0 Å². The van der Waals surface area contributed by atoms with E-state index in [2.05, 4.69) is 5.92 Å². The Morgan fingerprint density at radius 1 is 1.90 bits per heavy atom. The largest absolute Gasteiger partial charge is 0.337 e. The summed E-state index contributed by atoms with van der Waals surface area (Å²) in [6, 6.07) is 0. The second-order valence-corrected chi connectivity index (χ2v) is 3.45. The highest BCUT2D eigenvalue weighted by Gasteiger charge is 2.13. The fourth-order valence-electron chi connectivity index (χ4n) is 0.692. The third kappa shape index (κ3) is 1.82. The van der Waals surface area contributed by atoms with Gasteiger partial charge in [-0.3, -0.25) is 0 Å². The molecule has 0 radical (unpaired) electrons. The molecular weight excluding hydrogens is 147 g/mol. The molecule has 1 atom stereocenters. The van der Waals surface area contributed by atoms with Crippen molar-refractivity contribution < 1.29 is 9.05 Å². The molecule has 54 valence electrons. The number of rotatable bonds is 1. The Kier molecular flexibility index (Phi) is 2.89. The van der Waals surface area contributed by atoms with Gasteiger partial charge in [-0.2, -0.15) is 0 Å². The molecule has 0 saturated carbocycles. The number of allylic oxidation sites excluding steroid dienone is 1. The molecule has 1 aliphatic rings. The SMILES string of the molecule is C#CC1=CCOP(OC)C1. The number of terminal acetylenes is 1. The summed E-state index contributed by atoms with van der Waals surface area (Å²) in [7, 11) is 0.919. The molecular formula is C7H9O2P. The molecule has 0 aromatic rings. The van der Waals surface area contributed by atoms with E-state index in [0.29, 0.717) is 6.61 Å². The Bertz CT molecular complexity index is 181. The van der Waals surface area contributed by atoms with Crippen molar-refractivity contribution >= 4 is 8.38 Å². The summed E-state index contributed by atoms with van der Waals surface area (Å²) in [6.07, 6.45) is 7.88. The van der Waals surface area contributed by atoms with Crippen molar-refractivity contribution in [2.45, 2.75) is 0 Å². The molecule has 0 N–H and O–H groups in total. The highest BCUT2D eigenvalue weighted by molar-refractivity contribution is 7.47. The van der Waals surface area contributed by atoms with E-state index in [1.165, 1.54) is 0 Å². The summed E-state index contributed by atoms with van der Waals surface area (Å²) in [6.45, 7) is 0.596. The molecule has 1 heterocycles. The van der Waals surface area contributed by atoms with Gasteiger partial charge in [0, 0.05) is 12.7 Å². The molecule has 1 aliphatic heterocycles. The zero-order valence-electron chi connectivity index (χ0n) is 5.83. The molecule has 0 aliphatic carbocycles. The topological polar surface area (TPSA) is 18.5 Å². The van der Waals surface area contributed by atoms with Gasteiger partial charge in [0.2, 0.25) is 0 Å². The summed E-state index contributed by atoms with van der Waals surface area (Å²) in [5.41, 5.74) is 0.999. The normalized spacial score (nSPS) is 25.2. The average molecular weight is 156 g/mol. The van der Waals surface area contributed by atoms with Gasteiger partial charge in [-0.25, -0.2) is 0 Å². The Labute approximate surface area is 62.1 Å². The van der Waals surface area contributed by atoms with Gasteiger partial charge in [-0.15, -0.1) is 6.42 Å². The smallest absolute Gasteiger partial charge is 0.175 e. The minimum absolute atomic E-state index is 0.596. The third-order valence-corrected chi connectivity index (χ3v) is 2.68. The standard InChI is InChI=1S/C7H9O2P/c1-3-7-4-5-9-10(6-7)8-2/h1,4H,5-6H2,2H3. The van der Waals surface area contributed by atoms with Gasteiger partial charge >= 0.3 is 0 Å². The van der Waals surface area contributed by atoms with Crippen LogP contribution in [-0.2, 0) is 9.05 Å². The van der Waals surface area contributed by atoms with Crippen molar-refractivity contribution in [2.24, 2.45) is 0 Å². The van der Waals surface area contributed by atoms with Crippen LogP contribution in [0.3, 0.4) is 0 Å². The second-order valence-electron chi connectivity index (χ2n) is 1.84. The van der Waals surface area contributed by atoms with E-state index >= 15 is 0 Å². The number of hydrogen-bond donors (Lipinski definition) is 0. The van der Waals surface area contributed by atoms with Gasteiger partial charge in [0.15, 0.2) is 8.38 Å². The van der Waals surface area contributed by atoms with E-state index in [1.54, 1.807) is 7.11 Å². The minimum atomic E-state index is -0.725. The maximum absolute atomic E-state index is 5.23. The lowest BCUT2D eigenvalue weighted by Gasteiger charge is -2.17. The van der Waals surface area contributed by atoms with Crippen LogP contribution in [0.25, 0.3) is 0 Å². The van der Waals surface area contributed by atoms with Crippen molar-refractivity contribution in [1.82, 2.24) is 0 Å². The van der Waals surface area contributed by atoms with Crippen LogP contribution in [-0.4, -0.2) is 19.9 Å². The molecule has 0 spiro atoms. The second kappa shape index (κ2) is 3.73. The molecule has 0 aromatic carbocycles. The monoisotopic (exact) mass is 156 g/mol. The van der Waals surface area contributed by atoms with Crippen molar-refractivity contribution in [3.05, 3.63) is 11.6 Å². The summed E-state index contributed by atoms with van der Waals surface area (Å²) < 4.78 is 10.3. The van der Waals surface area contributed by atoms with Crippen molar-refractivity contribution in [3.8, 4) is 12.3 Å². The molecule has 1 rings (SSSR count). The maximum Gasteiger partial charge on any atom is 0.175 e. The summed E-state index contributed by atoms with van der Waals surface area (Å²) in [5.74, 6) is 2.59. The predicted octanol–water partition coefficient (Wildman–Crippen LogP) is 1.53. The van der Waals surface area contributed by atoms with E-state index in [-0.39, 0.29) is 0 Å². The van der Waals surface area contributed by atoms with Crippen LogP contribution in [0.1, 0.15) is 0 Å². The lowest BCUT2D eigenvalue weighted by atomic mass is 10.3. The lowest BCUT2D eigenvalue weighted by Crippen LogP contribution is -2.01. The van der Waals surface area contributed by atoms with Crippen LogP contribution in [0.15, 0.2) is 11.6 Å². The lowest BCUT2D eigenvalue weighted by molar-refractivity contribution is 0.309. The molecule has 2 nitrogen and oxygen atoms in total. The van der Waals surface area contributed by atoms with Crippen LogP contribution in [0.5, 0.6) is 0 Å². The Balaban J connectivity index is 2.50. The molecule has 1 unspecified atom stereocenters. The van der Waals surface area contributed by atoms with E-state index in [1.807, 2.05) is 6.08 Å². The van der Waals surface area contributed by atoms with Gasteiger partial charge in [0.25, 0.3) is 0 Å². The van der Waals surface area contributed by atoms with Crippen LogP contribution < -0.4 is 0 Å². The maximum atomic E-state index is 5.23. The minimum Gasteiger partial charge on any atom is -0.337 e. The molecule has 3 heteroatoms. The third-order valence-electron chi connectivity index (χ3n) is 1.24. The number of hydrogen-bond acceptors (Lipinski definition) is 2. The van der Waals surface area contributed by atoms with Crippen LogP contribution >= 0.6 is 8.38 Å². The zero-order chi connectivity index (χ0) is 7.40. The Morgan fingerprint density at radius 2 is 2.70 bits per heavy atom. The average Bonchev–Trinajstić information content (AvgIpc) is 2.05. The van der Waals surface area contributed by atoms with Crippen LogP contribution in [0, 0.1) is 12.3 Å². The van der Waals surface area contributed by atoms with Crippen molar-refractivity contribution in [1.29, 1.82) is 0 Å². The molecule has 0 saturated heterocycles. The molecule has 0 aromatic heterocycles. The fraction of sp³-hybridized carbons (Fsp3) is 0.429. The summed E-state index contributed by atoms with van der Waals surface area (Å²) in [5, 5.41) is 0. The van der Waals surface area contributed by atoms with Crippen molar-refractivity contribution in [2.75, 3.05) is 19.9 Å². The first-order valence-corrected chi connectivity index (χ1v) is 4.33. The zero-order valence-corrected chi connectivity index (χ0v) is 6.73. The van der Waals surface area contributed by atoms with E-state index in [9.17, 15) is 0 Å². The van der Waals surface area contributed by atoms with Gasteiger partial charge in [0.05, 0.1) is 12.8 Å². The van der Waals surface area contributed by atoms with E-state index < -0.39 is 8.38 Å². The van der Waals surface area contributed by atoms with Gasteiger partial charge < -0.3 is 9.05 Å². The van der Waals surface area contributed by atoms with E-state index in [0.717, 1.165) is 11.7 Å². The molecule has 0 bridgehead atoms. The molecule has 10 heavy (non-hydrogen) atoms. The Morgan fingerprint density at radius 3 is 3.30 bits per heavy atom. The first-order chi connectivity index (χ1) is 4.86. The van der Waals surface area contributed by atoms with Crippen LogP contribution in [0.4, 0.5) is 0 Å². The highest BCUT2D eigenvalue weighted by atomic mass is 31.2. The summed E-state index contributed by atoms with van der Waals surface area (Å²) >= 11 is 0. The highest BCUT2D eigenvalue weighted by Crippen LogP contribution is 2.41. The Hall–Kier alpha value is -0.350.